The summed E-state index contributed by atoms with van der Waals surface area (Å²) in [7, 11) is 0. The van der Waals surface area contributed by atoms with Crippen LogP contribution in [0.3, 0.4) is 0 Å². The molecule has 0 aromatic carbocycles. The van der Waals surface area contributed by atoms with Gasteiger partial charge in [-0.15, -0.1) is 0 Å². The predicted octanol–water partition coefficient (Wildman–Crippen LogP) is 3.36. The minimum atomic E-state index is 0.687. The quantitative estimate of drug-likeness (QED) is 0.759. The minimum absolute atomic E-state index is 0.687. The van der Waals surface area contributed by atoms with Crippen molar-refractivity contribution in [2.24, 2.45) is 0 Å². The van der Waals surface area contributed by atoms with Crippen LogP contribution in [-0.2, 0) is 0 Å². The molecule has 14 heavy (non-hydrogen) atoms. The molecule has 3 rings (SSSR count). The fraction of sp³-hybridized carbons (Fsp3) is 0.364. The first-order chi connectivity index (χ1) is 6.84. The van der Waals surface area contributed by atoms with Crippen LogP contribution in [0.4, 0.5) is 0 Å². The van der Waals surface area contributed by atoms with Crippen LogP contribution in [0, 0.1) is 0 Å². The molecule has 2 heterocycles. The highest BCUT2D eigenvalue weighted by atomic mass is 79.9. The molecule has 0 spiro atoms. The third-order valence-corrected chi connectivity index (χ3v) is 3.46. The van der Waals surface area contributed by atoms with Crippen LogP contribution in [0.5, 0.6) is 0 Å². The van der Waals surface area contributed by atoms with Gasteiger partial charge in [0.1, 0.15) is 5.82 Å². The lowest BCUT2D eigenvalue weighted by atomic mass is 9.85. The summed E-state index contributed by atoms with van der Waals surface area (Å²) >= 11 is 3.49. The van der Waals surface area contributed by atoms with Crippen molar-refractivity contribution in [1.82, 2.24) is 9.38 Å². The van der Waals surface area contributed by atoms with Crippen molar-refractivity contribution in [2.45, 2.75) is 25.2 Å². The Bertz CT molecular complexity index is 471. The monoisotopic (exact) mass is 250 g/mol. The average molecular weight is 251 g/mol. The van der Waals surface area contributed by atoms with E-state index in [-0.39, 0.29) is 0 Å². The summed E-state index contributed by atoms with van der Waals surface area (Å²) in [6.45, 7) is 0. The Balaban J connectivity index is 2.18. The van der Waals surface area contributed by atoms with Crippen molar-refractivity contribution < 1.29 is 0 Å². The Morgan fingerprint density at radius 2 is 2.21 bits per heavy atom. The first-order valence-electron chi connectivity index (χ1n) is 4.97. The van der Waals surface area contributed by atoms with Gasteiger partial charge in [-0.05, 0) is 40.9 Å². The summed E-state index contributed by atoms with van der Waals surface area (Å²) in [4.78, 5) is 4.50. The van der Waals surface area contributed by atoms with Crippen LogP contribution < -0.4 is 0 Å². The van der Waals surface area contributed by atoms with Crippen molar-refractivity contribution in [3.8, 4) is 0 Å². The van der Waals surface area contributed by atoms with Gasteiger partial charge >= 0.3 is 0 Å². The number of nitrogens with zero attached hydrogens (tertiary/aromatic N) is 2. The predicted molar refractivity (Wildman–Crippen MR) is 59.5 cm³/mol. The molecule has 2 nitrogen and oxygen atoms in total. The molecule has 0 bridgehead atoms. The Kier molecular flexibility index (Phi) is 1.87. The number of halogens is 1. The lowest BCUT2D eigenvalue weighted by Gasteiger charge is -2.23. The third kappa shape index (κ3) is 1.19. The molecule has 0 amide bonds. The van der Waals surface area contributed by atoms with Crippen molar-refractivity contribution >= 4 is 21.4 Å². The molecule has 0 N–H and O–H groups in total. The average Bonchev–Trinajstić information content (AvgIpc) is 2.46. The van der Waals surface area contributed by atoms with E-state index in [2.05, 4.69) is 43.6 Å². The lowest BCUT2D eigenvalue weighted by molar-refractivity contribution is 0.400. The molecular formula is C11H11BrN2. The molecule has 2 aromatic rings. The van der Waals surface area contributed by atoms with Gasteiger partial charge < -0.3 is 4.40 Å². The maximum Gasteiger partial charge on any atom is 0.116 e. The molecule has 0 saturated heterocycles. The zero-order valence-electron chi connectivity index (χ0n) is 7.78. The van der Waals surface area contributed by atoms with Crippen LogP contribution in [0.25, 0.3) is 5.52 Å². The highest BCUT2D eigenvalue weighted by molar-refractivity contribution is 9.10. The number of pyridine rings is 1. The standard InChI is InChI=1S/C11H11BrN2/c12-9-4-5-10-6-13-11(14(10)7-9)8-2-1-3-8/h4-8H,1-3H2. The molecule has 0 unspecified atom stereocenters. The van der Waals surface area contributed by atoms with E-state index in [1.807, 2.05) is 6.20 Å². The van der Waals surface area contributed by atoms with E-state index in [0.717, 1.165) is 4.47 Å². The van der Waals surface area contributed by atoms with Gasteiger partial charge in [0.05, 0.1) is 11.7 Å². The van der Waals surface area contributed by atoms with Crippen LogP contribution >= 0.6 is 15.9 Å². The van der Waals surface area contributed by atoms with E-state index in [1.165, 1.54) is 30.6 Å². The van der Waals surface area contributed by atoms with E-state index in [0.29, 0.717) is 5.92 Å². The number of fused-ring (bicyclic) bond motifs is 1. The van der Waals surface area contributed by atoms with Crippen molar-refractivity contribution in [2.75, 3.05) is 0 Å². The number of hydrogen-bond donors (Lipinski definition) is 0. The number of rotatable bonds is 1. The molecule has 2 aromatic heterocycles. The first-order valence-corrected chi connectivity index (χ1v) is 5.76. The molecule has 0 radical (unpaired) electrons. The number of hydrogen-bond acceptors (Lipinski definition) is 1. The molecule has 1 aliphatic carbocycles. The second-order valence-corrected chi connectivity index (χ2v) is 4.80. The van der Waals surface area contributed by atoms with Crippen molar-refractivity contribution in [3.05, 3.63) is 34.8 Å². The van der Waals surface area contributed by atoms with Gasteiger partial charge in [0, 0.05) is 16.6 Å². The van der Waals surface area contributed by atoms with Gasteiger partial charge in [-0.1, -0.05) is 6.42 Å². The smallest absolute Gasteiger partial charge is 0.116 e. The summed E-state index contributed by atoms with van der Waals surface area (Å²) in [6.07, 6.45) is 8.01. The summed E-state index contributed by atoms with van der Waals surface area (Å²) in [5, 5.41) is 0. The highest BCUT2D eigenvalue weighted by Crippen LogP contribution is 2.35. The van der Waals surface area contributed by atoms with E-state index < -0.39 is 0 Å². The van der Waals surface area contributed by atoms with Crippen LogP contribution in [0.15, 0.2) is 29.0 Å². The second-order valence-electron chi connectivity index (χ2n) is 3.89. The Morgan fingerprint density at radius 3 is 2.93 bits per heavy atom. The Hall–Kier alpha value is -0.830. The SMILES string of the molecule is Brc1ccc2cnc(C3CCC3)n2c1. The van der Waals surface area contributed by atoms with Gasteiger partial charge in [-0.2, -0.15) is 0 Å². The number of aromatic nitrogens is 2. The number of imidazole rings is 1. The lowest BCUT2D eigenvalue weighted by Crippen LogP contribution is -2.12. The molecule has 72 valence electrons. The molecule has 1 saturated carbocycles. The summed E-state index contributed by atoms with van der Waals surface area (Å²) in [5.41, 5.74) is 1.19. The zero-order valence-corrected chi connectivity index (χ0v) is 9.37. The third-order valence-electron chi connectivity index (χ3n) is 2.99. The second kappa shape index (κ2) is 3.09. The molecule has 1 fully saturated rings. The van der Waals surface area contributed by atoms with Crippen LogP contribution in [-0.4, -0.2) is 9.38 Å². The summed E-state index contributed by atoms with van der Waals surface area (Å²) < 4.78 is 3.32. The fourth-order valence-corrected chi connectivity index (χ4v) is 2.29. The first kappa shape index (κ1) is 8.48. The summed E-state index contributed by atoms with van der Waals surface area (Å²) in [5.74, 6) is 1.92. The minimum Gasteiger partial charge on any atom is -0.302 e. The van der Waals surface area contributed by atoms with Gasteiger partial charge in [0.15, 0.2) is 0 Å². The maximum atomic E-state index is 4.50. The Morgan fingerprint density at radius 1 is 1.36 bits per heavy atom. The van der Waals surface area contributed by atoms with Crippen LogP contribution in [0.2, 0.25) is 0 Å². The highest BCUT2D eigenvalue weighted by Gasteiger charge is 2.23. The van der Waals surface area contributed by atoms with Gasteiger partial charge in [0.2, 0.25) is 0 Å². The zero-order chi connectivity index (χ0) is 9.54. The normalized spacial score (nSPS) is 17.2. The van der Waals surface area contributed by atoms with Gasteiger partial charge in [-0.25, -0.2) is 4.98 Å². The fourth-order valence-electron chi connectivity index (χ4n) is 1.95. The maximum absolute atomic E-state index is 4.50. The van der Waals surface area contributed by atoms with E-state index in [9.17, 15) is 0 Å². The molecular weight excluding hydrogens is 240 g/mol. The van der Waals surface area contributed by atoms with E-state index in [1.54, 1.807) is 0 Å². The molecule has 3 heteroatoms. The van der Waals surface area contributed by atoms with E-state index in [4.69, 9.17) is 0 Å². The molecule has 0 aliphatic heterocycles. The topological polar surface area (TPSA) is 17.3 Å². The van der Waals surface area contributed by atoms with Crippen LogP contribution in [0.1, 0.15) is 31.0 Å². The van der Waals surface area contributed by atoms with Gasteiger partial charge in [-0.3, -0.25) is 0 Å². The molecule has 1 aliphatic rings. The van der Waals surface area contributed by atoms with Crippen molar-refractivity contribution in [1.29, 1.82) is 0 Å². The Labute approximate surface area is 91.1 Å². The summed E-state index contributed by atoms with van der Waals surface area (Å²) in [6, 6.07) is 4.15. The molecule has 0 atom stereocenters. The van der Waals surface area contributed by atoms with Crippen molar-refractivity contribution in [3.63, 3.8) is 0 Å². The van der Waals surface area contributed by atoms with E-state index >= 15 is 0 Å². The largest absolute Gasteiger partial charge is 0.302 e. The van der Waals surface area contributed by atoms with Gasteiger partial charge in [0.25, 0.3) is 0 Å².